The Morgan fingerprint density at radius 1 is 0.158 bits per heavy atom. The van der Waals surface area contributed by atoms with E-state index in [0.29, 0.717) is 0 Å². The summed E-state index contributed by atoms with van der Waals surface area (Å²) in [5.41, 5.74) is 32.6. The Labute approximate surface area is 659 Å². The third-order valence-corrected chi connectivity index (χ3v) is 23.0. The molecule has 0 saturated heterocycles. The molecular formula is C108H70N4O2. The lowest BCUT2D eigenvalue weighted by Crippen LogP contribution is -2.10. The van der Waals surface area contributed by atoms with Gasteiger partial charge in [-0.3, -0.25) is 0 Å². The van der Waals surface area contributed by atoms with Gasteiger partial charge in [0.05, 0.1) is 33.4 Å². The fourth-order valence-electron chi connectivity index (χ4n) is 17.4. The number of fused-ring (bicyclic) bond motifs is 12. The summed E-state index contributed by atoms with van der Waals surface area (Å²) in [6, 6.07) is 154. The molecule has 534 valence electrons. The second-order valence-corrected chi connectivity index (χ2v) is 29.5. The second kappa shape index (κ2) is 27.4. The molecule has 0 radical (unpaired) electrons. The molecule has 18 aromatic carbocycles. The predicted molar refractivity (Wildman–Crippen MR) is 477 cm³/mol. The summed E-state index contributed by atoms with van der Waals surface area (Å²) in [6.07, 6.45) is 0. The predicted octanol–water partition coefficient (Wildman–Crippen LogP) is 30.3. The van der Waals surface area contributed by atoms with Gasteiger partial charge in [0.15, 0.2) is 0 Å². The van der Waals surface area contributed by atoms with Crippen LogP contribution in [0, 0.1) is 0 Å². The van der Waals surface area contributed by atoms with Crippen LogP contribution in [0.1, 0.15) is 0 Å². The molecule has 4 heterocycles. The summed E-state index contributed by atoms with van der Waals surface area (Å²) in [6.45, 7) is 0. The topological polar surface area (TPSA) is 42.6 Å². The van der Waals surface area contributed by atoms with E-state index in [4.69, 9.17) is 8.83 Å². The Kier molecular flexibility index (Phi) is 15.8. The Bertz CT molecular complexity index is 7380. The monoisotopic (exact) mass is 1450 g/mol. The van der Waals surface area contributed by atoms with Gasteiger partial charge < -0.3 is 27.8 Å². The molecule has 0 bridgehead atoms. The number of hydrogen-bond acceptors (Lipinski definition) is 4. The van der Waals surface area contributed by atoms with Crippen molar-refractivity contribution >= 4 is 122 Å². The summed E-state index contributed by atoms with van der Waals surface area (Å²) in [7, 11) is 0. The van der Waals surface area contributed by atoms with E-state index >= 15 is 0 Å². The number of benzene rings is 18. The maximum Gasteiger partial charge on any atom is 0.136 e. The van der Waals surface area contributed by atoms with Crippen molar-refractivity contribution in [3.05, 3.63) is 425 Å². The number of furan rings is 2. The lowest BCUT2D eigenvalue weighted by molar-refractivity contribution is 0.668. The van der Waals surface area contributed by atoms with Crippen molar-refractivity contribution in [3.63, 3.8) is 0 Å². The van der Waals surface area contributed by atoms with Crippen LogP contribution >= 0.6 is 0 Å². The van der Waals surface area contributed by atoms with Crippen molar-refractivity contribution in [1.82, 2.24) is 9.13 Å². The number of aromatic nitrogens is 2. The molecule has 0 saturated carbocycles. The summed E-state index contributed by atoms with van der Waals surface area (Å²) < 4.78 is 17.6. The zero-order chi connectivity index (χ0) is 75.2. The Morgan fingerprint density at radius 3 is 0.886 bits per heavy atom. The highest BCUT2D eigenvalue weighted by Gasteiger charge is 2.23. The number of para-hydroxylation sites is 7. The summed E-state index contributed by atoms with van der Waals surface area (Å²) in [5.74, 6) is 0. The number of hydrogen-bond donors (Lipinski definition) is 0. The van der Waals surface area contributed by atoms with Gasteiger partial charge >= 0.3 is 0 Å². The van der Waals surface area contributed by atoms with E-state index in [1.807, 2.05) is 24.3 Å². The van der Waals surface area contributed by atoms with E-state index < -0.39 is 0 Å². The molecule has 0 spiro atoms. The molecule has 0 fully saturated rings. The Hall–Kier alpha value is -15.2. The SMILES string of the molecule is c1ccc(-c2ccc(N(c3ccc(-c4ccc5c(c4)oc4ccccc45)cc3)c3ccc(-c4ccccc4-n4c5ccccc5c5ccc(-c6ccc(-c7cccc(N(c8ccc(-c9ccc%10c(c9)oc9ccccc9%10)cc8)c8ccc(-c9ccccc9-n9c%10ccccc%10c%10ccccc%109)cc8)c7)cc6)cc54)cc3)cc2)cc1. The number of anilines is 6. The van der Waals surface area contributed by atoms with Crippen LogP contribution < -0.4 is 9.80 Å². The molecule has 0 amide bonds. The molecule has 22 rings (SSSR count). The van der Waals surface area contributed by atoms with Gasteiger partial charge in [-0.25, -0.2) is 0 Å². The molecule has 22 aromatic rings. The minimum atomic E-state index is 0.880. The van der Waals surface area contributed by atoms with E-state index in [9.17, 15) is 0 Å². The number of nitrogens with zero attached hydrogens (tertiary/aromatic N) is 4. The number of rotatable bonds is 15. The van der Waals surface area contributed by atoms with Crippen molar-refractivity contribution in [2.75, 3.05) is 9.80 Å². The summed E-state index contributed by atoms with van der Waals surface area (Å²) in [4.78, 5) is 4.73. The summed E-state index contributed by atoms with van der Waals surface area (Å²) in [5, 5.41) is 9.38. The van der Waals surface area contributed by atoms with Crippen molar-refractivity contribution < 1.29 is 8.83 Å². The third kappa shape index (κ3) is 11.4. The highest BCUT2D eigenvalue weighted by molar-refractivity contribution is 6.13. The molecular weight excluding hydrogens is 1390 g/mol. The first-order valence-corrected chi connectivity index (χ1v) is 38.9. The largest absolute Gasteiger partial charge is 0.456 e. The summed E-state index contributed by atoms with van der Waals surface area (Å²) >= 11 is 0. The first-order valence-electron chi connectivity index (χ1n) is 38.9. The smallest absolute Gasteiger partial charge is 0.136 e. The second-order valence-electron chi connectivity index (χ2n) is 29.5. The van der Waals surface area contributed by atoms with Crippen LogP contribution in [0.15, 0.2) is 433 Å². The van der Waals surface area contributed by atoms with Gasteiger partial charge in [-0.05, 0) is 212 Å². The standard InChI is InChI=1S/C108H70N4O2/c1-2-19-71(20-3-1)72-41-54-83(55-42-72)109(84-56-43-75(44-57-84)81-52-65-97-95-28-9-16-35-105(95)113-107(97)69-81)85-60-47-78(48-61-85)90-24-5-12-31-100(90)112-103-34-15-8-27-93(103)94-64-51-80(68-104(94)112)74-39-37-73(38-40-74)79-21-18-22-88(67-79)110(86-58-45-76(46-59-86)82-53-66-98-96-29-10-17-36-106(96)114-108(98)70-82)87-62-49-77(50-63-87)89-23-4-11-30-99(89)111-101-32-13-6-25-91(101)92-26-7-14-33-102(92)111/h1-70H. The zero-order valence-corrected chi connectivity index (χ0v) is 62.0. The minimum absolute atomic E-state index is 0.880. The fraction of sp³-hybridized carbons (Fsp3) is 0. The maximum absolute atomic E-state index is 6.38. The van der Waals surface area contributed by atoms with Gasteiger partial charge in [0, 0.05) is 88.3 Å². The van der Waals surface area contributed by atoms with Crippen LogP contribution in [0.3, 0.4) is 0 Å². The molecule has 114 heavy (non-hydrogen) atoms. The van der Waals surface area contributed by atoms with E-state index in [0.717, 1.165) is 167 Å². The van der Waals surface area contributed by atoms with Crippen LogP contribution in [-0.4, -0.2) is 9.13 Å². The third-order valence-electron chi connectivity index (χ3n) is 23.0. The Morgan fingerprint density at radius 2 is 0.439 bits per heavy atom. The molecule has 0 aliphatic carbocycles. The highest BCUT2D eigenvalue weighted by atomic mass is 16.3. The zero-order valence-electron chi connectivity index (χ0n) is 62.0. The van der Waals surface area contributed by atoms with E-state index in [-0.39, 0.29) is 0 Å². The van der Waals surface area contributed by atoms with Crippen LogP contribution in [0.5, 0.6) is 0 Å². The van der Waals surface area contributed by atoms with Crippen LogP contribution in [-0.2, 0) is 0 Å². The van der Waals surface area contributed by atoms with Gasteiger partial charge in [0.25, 0.3) is 0 Å². The van der Waals surface area contributed by atoms with Gasteiger partial charge in [-0.2, -0.15) is 0 Å². The van der Waals surface area contributed by atoms with Gasteiger partial charge in [-0.1, -0.05) is 279 Å². The lowest BCUT2D eigenvalue weighted by Gasteiger charge is -2.26. The molecule has 6 heteroatoms. The average Bonchev–Trinajstić information content (AvgIpc) is 1.58. The van der Waals surface area contributed by atoms with Crippen molar-refractivity contribution in [2.45, 2.75) is 0 Å². The molecule has 0 unspecified atom stereocenters. The van der Waals surface area contributed by atoms with Crippen LogP contribution in [0.4, 0.5) is 34.1 Å². The molecule has 0 aliphatic heterocycles. The van der Waals surface area contributed by atoms with E-state index in [1.165, 1.54) is 43.7 Å². The van der Waals surface area contributed by atoms with Crippen LogP contribution in [0.2, 0.25) is 0 Å². The maximum atomic E-state index is 6.38. The molecule has 0 atom stereocenters. The van der Waals surface area contributed by atoms with Crippen molar-refractivity contribution in [3.8, 4) is 89.3 Å². The first kappa shape index (κ1) is 65.8. The van der Waals surface area contributed by atoms with E-state index in [2.05, 4.69) is 419 Å². The lowest BCUT2D eigenvalue weighted by atomic mass is 9.98. The highest BCUT2D eigenvalue weighted by Crippen LogP contribution is 2.46. The fourth-order valence-corrected chi connectivity index (χ4v) is 17.4. The quantitative estimate of drug-likeness (QED) is 0.103. The van der Waals surface area contributed by atoms with E-state index in [1.54, 1.807) is 0 Å². The first-order chi connectivity index (χ1) is 56.5. The molecule has 0 N–H and O–H groups in total. The molecule has 0 aliphatic rings. The van der Waals surface area contributed by atoms with Gasteiger partial charge in [0.1, 0.15) is 22.3 Å². The van der Waals surface area contributed by atoms with Crippen LogP contribution in [0.25, 0.3) is 177 Å². The van der Waals surface area contributed by atoms with Crippen molar-refractivity contribution in [1.29, 1.82) is 0 Å². The van der Waals surface area contributed by atoms with Crippen molar-refractivity contribution in [2.24, 2.45) is 0 Å². The minimum Gasteiger partial charge on any atom is -0.456 e. The van der Waals surface area contributed by atoms with Gasteiger partial charge in [-0.15, -0.1) is 0 Å². The molecule has 4 aromatic heterocycles. The normalized spacial score (nSPS) is 11.7. The molecule has 6 nitrogen and oxygen atoms in total. The average molecular weight is 1460 g/mol. The van der Waals surface area contributed by atoms with Gasteiger partial charge in [0.2, 0.25) is 0 Å². The Balaban J connectivity index is 0.586.